The Kier molecular flexibility index (Phi) is 12.7. The largest absolute Gasteiger partial charge is 0.394 e. The second kappa shape index (κ2) is 15.5. The lowest BCUT2D eigenvalue weighted by molar-refractivity contribution is -0.383. The molecule has 0 aromatic carbocycles. The highest BCUT2D eigenvalue weighted by Crippen LogP contribution is 2.34. The topological polar surface area (TPSA) is 265 Å². The average Bonchev–Trinajstić information content (AvgIpc) is 3.00. The van der Waals surface area contributed by atoms with Gasteiger partial charge in [-0.05, 0) is 13.8 Å². The summed E-state index contributed by atoms with van der Waals surface area (Å²) in [6.07, 6.45) is -24.8. The molecule has 0 amide bonds. The predicted molar refractivity (Wildman–Crippen MR) is 139 cm³/mol. The molecule has 0 unspecified atom stereocenters. The van der Waals surface area contributed by atoms with Crippen LogP contribution >= 0.6 is 0 Å². The average molecular weight is 647 g/mol. The zero-order chi connectivity index (χ0) is 32.5. The molecule has 4 saturated heterocycles. The number of hydrogen-bond acceptors (Lipinski definition) is 18. The summed E-state index contributed by atoms with van der Waals surface area (Å²) in [6, 6.07) is 0. The molecule has 0 saturated carbocycles. The normalized spacial score (nSPS) is 52.2. The molecule has 0 aromatic rings. The zero-order valence-electron chi connectivity index (χ0n) is 24.8. The Bertz CT molecular complexity index is 882. The molecule has 4 fully saturated rings. The van der Waals surface area contributed by atoms with E-state index in [9.17, 15) is 46.0 Å². The standard InChI is InChI=1S/C26H46O18/c1-8-20(10(36-3)5-13(29)38-8)42-26-19(35)23(37-4)21(9(2)39-26)43-25-18(34)16(32)22(12(7-28)41-25)44-24-17(33)15(31)14(30)11(6-27)40-24/h8-35H,5-7H2,1-4H3/t8-,9-,10-,11-,12-,13+,14-,15+,16-,17-,18-,19-,20-,21-,22-,23-,24+,25+,26+/m1/s1. The molecule has 0 bridgehead atoms. The molecule has 9 N–H and O–H groups in total. The maximum Gasteiger partial charge on any atom is 0.187 e. The lowest BCUT2D eigenvalue weighted by Crippen LogP contribution is -2.66. The van der Waals surface area contributed by atoms with E-state index < -0.39 is 130 Å². The van der Waals surface area contributed by atoms with Gasteiger partial charge in [0.05, 0.1) is 31.5 Å². The lowest BCUT2D eigenvalue weighted by atomic mass is 9.96. The van der Waals surface area contributed by atoms with Crippen LogP contribution in [0.2, 0.25) is 0 Å². The first-order valence-corrected chi connectivity index (χ1v) is 14.5. The van der Waals surface area contributed by atoms with E-state index in [1.807, 2.05) is 0 Å². The first kappa shape index (κ1) is 36.1. The van der Waals surface area contributed by atoms with Gasteiger partial charge in [0.2, 0.25) is 0 Å². The van der Waals surface area contributed by atoms with Gasteiger partial charge in [-0.15, -0.1) is 0 Å². The van der Waals surface area contributed by atoms with Crippen LogP contribution in [0.5, 0.6) is 0 Å². The molecule has 18 heteroatoms. The summed E-state index contributed by atoms with van der Waals surface area (Å²) >= 11 is 0. The van der Waals surface area contributed by atoms with Crippen molar-refractivity contribution >= 4 is 0 Å². The molecule has 258 valence electrons. The maximum atomic E-state index is 11.1. The van der Waals surface area contributed by atoms with Crippen LogP contribution in [0, 0.1) is 0 Å². The number of ether oxygens (including phenoxy) is 9. The van der Waals surface area contributed by atoms with Crippen LogP contribution in [0.1, 0.15) is 20.3 Å². The minimum atomic E-state index is -1.81. The van der Waals surface area contributed by atoms with Crippen LogP contribution < -0.4 is 0 Å². The molecule has 0 aromatic heterocycles. The minimum Gasteiger partial charge on any atom is -0.394 e. The Morgan fingerprint density at radius 2 is 1.05 bits per heavy atom. The predicted octanol–water partition coefficient (Wildman–Crippen LogP) is -5.36. The summed E-state index contributed by atoms with van der Waals surface area (Å²) in [7, 11) is 2.77. The van der Waals surface area contributed by atoms with Gasteiger partial charge in [0, 0.05) is 20.6 Å². The van der Waals surface area contributed by atoms with Gasteiger partial charge < -0.3 is 88.6 Å². The fourth-order valence-electron chi connectivity index (χ4n) is 5.98. The van der Waals surface area contributed by atoms with Gasteiger partial charge >= 0.3 is 0 Å². The van der Waals surface area contributed by atoms with Gasteiger partial charge in [-0.1, -0.05) is 0 Å². The summed E-state index contributed by atoms with van der Waals surface area (Å²) in [5, 5.41) is 92.7. The fraction of sp³-hybridized carbons (Fsp3) is 1.00. The van der Waals surface area contributed by atoms with Crippen molar-refractivity contribution in [1.29, 1.82) is 0 Å². The van der Waals surface area contributed by atoms with Crippen LogP contribution in [-0.4, -0.2) is 190 Å². The van der Waals surface area contributed by atoms with E-state index >= 15 is 0 Å². The van der Waals surface area contributed by atoms with E-state index in [0.717, 1.165) is 0 Å². The summed E-state index contributed by atoms with van der Waals surface area (Å²) in [5.74, 6) is 0. The Labute approximate surface area is 253 Å². The molecule has 4 rings (SSSR count). The zero-order valence-corrected chi connectivity index (χ0v) is 24.8. The number of methoxy groups -OCH3 is 2. The molecular formula is C26H46O18. The Hall–Kier alpha value is -0.720. The molecule has 19 atom stereocenters. The number of aliphatic hydroxyl groups excluding tert-OH is 9. The van der Waals surface area contributed by atoms with Gasteiger partial charge in [0.15, 0.2) is 25.2 Å². The van der Waals surface area contributed by atoms with Gasteiger partial charge in [-0.3, -0.25) is 0 Å². The van der Waals surface area contributed by atoms with Crippen LogP contribution in [0.15, 0.2) is 0 Å². The van der Waals surface area contributed by atoms with E-state index in [-0.39, 0.29) is 6.42 Å². The van der Waals surface area contributed by atoms with Gasteiger partial charge in [-0.25, -0.2) is 0 Å². The van der Waals surface area contributed by atoms with Gasteiger partial charge in [0.1, 0.15) is 73.2 Å². The van der Waals surface area contributed by atoms with E-state index in [1.54, 1.807) is 13.8 Å². The highest BCUT2D eigenvalue weighted by atomic mass is 16.8. The molecular weight excluding hydrogens is 600 g/mol. The van der Waals surface area contributed by atoms with Crippen molar-refractivity contribution in [2.75, 3.05) is 27.4 Å². The van der Waals surface area contributed by atoms with E-state index in [1.165, 1.54) is 14.2 Å². The third-order valence-electron chi connectivity index (χ3n) is 8.50. The fourth-order valence-corrected chi connectivity index (χ4v) is 5.98. The minimum absolute atomic E-state index is 0.135. The first-order chi connectivity index (χ1) is 20.9. The third kappa shape index (κ3) is 7.38. The second-order valence-corrected chi connectivity index (χ2v) is 11.4. The molecule has 4 heterocycles. The van der Waals surface area contributed by atoms with Crippen LogP contribution in [-0.2, 0) is 42.6 Å². The Morgan fingerprint density at radius 1 is 0.523 bits per heavy atom. The van der Waals surface area contributed by atoms with Crippen LogP contribution in [0.3, 0.4) is 0 Å². The summed E-state index contributed by atoms with van der Waals surface area (Å²) in [4.78, 5) is 0. The molecule has 0 spiro atoms. The van der Waals surface area contributed by atoms with Crippen molar-refractivity contribution < 1.29 is 88.6 Å². The Morgan fingerprint density at radius 3 is 1.64 bits per heavy atom. The van der Waals surface area contributed by atoms with Gasteiger partial charge in [0.25, 0.3) is 0 Å². The number of aliphatic hydroxyl groups is 9. The highest BCUT2D eigenvalue weighted by molar-refractivity contribution is 4.97. The first-order valence-electron chi connectivity index (χ1n) is 14.5. The number of rotatable bonds is 10. The Balaban J connectivity index is 1.42. The third-order valence-corrected chi connectivity index (χ3v) is 8.50. The van der Waals surface area contributed by atoms with Crippen molar-refractivity contribution in [3.05, 3.63) is 0 Å². The second-order valence-electron chi connectivity index (χ2n) is 11.4. The molecule has 18 nitrogen and oxygen atoms in total. The number of hydrogen-bond donors (Lipinski definition) is 9. The highest BCUT2D eigenvalue weighted by Gasteiger charge is 2.54. The molecule has 0 radical (unpaired) electrons. The molecule has 44 heavy (non-hydrogen) atoms. The lowest BCUT2D eigenvalue weighted by Gasteiger charge is -2.49. The molecule has 4 aliphatic rings. The summed E-state index contributed by atoms with van der Waals surface area (Å²) in [6.45, 7) is 1.79. The van der Waals surface area contributed by atoms with Crippen molar-refractivity contribution in [3.63, 3.8) is 0 Å². The van der Waals surface area contributed by atoms with Crippen molar-refractivity contribution in [2.45, 2.75) is 137 Å². The van der Waals surface area contributed by atoms with Crippen molar-refractivity contribution in [3.8, 4) is 0 Å². The maximum absolute atomic E-state index is 11.1. The van der Waals surface area contributed by atoms with E-state index in [2.05, 4.69) is 0 Å². The van der Waals surface area contributed by atoms with E-state index in [4.69, 9.17) is 42.6 Å². The van der Waals surface area contributed by atoms with Crippen LogP contribution in [0.4, 0.5) is 0 Å². The van der Waals surface area contributed by atoms with Crippen molar-refractivity contribution in [1.82, 2.24) is 0 Å². The van der Waals surface area contributed by atoms with Gasteiger partial charge in [-0.2, -0.15) is 0 Å². The smallest absolute Gasteiger partial charge is 0.187 e. The van der Waals surface area contributed by atoms with Crippen LogP contribution in [0.25, 0.3) is 0 Å². The molecule has 4 aliphatic heterocycles. The quantitative estimate of drug-likeness (QED) is 0.107. The summed E-state index contributed by atoms with van der Waals surface area (Å²) in [5.41, 5.74) is 0. The SMILES string of the molecule is CO[C@@H]1[C@@H](O)[C@H](O[C@@H]2[C@@H](C)O[C@H](O)C[C@H]2OC)O[C@H](C)[C@H]1O[C@@H]1O[C@H](CO)[C@@H](O[C@@H]2O[C@H](CO)[C@@H](O)[C@H](O)[C@H]2O)[C@H](O)[C@H]1O. The summed E-state index contributed by atoms with van der Waals surface area (Å²) < 4.78 is 50.8. The molecule has 0 aliphatic carbocycles. The monoisotopic (exact) mass is 646 g/mol. The van der Waals surface area contributed by atoms with E-state index in [0.29, 0.717) is 0 Å². The van der Waals surface area contributed by atoms with Crippen molar-refractivity contribution in [2.24, 2.45) is 0 Å².